The summed E-state index contributed by atoms with van der Waals surface area (Å²) < 4.78 is 11.6. The summed E-state index contributed by atoms with van der Waals surface area (Å²) in [6.45, 7) is 3.13. The van der Waals surface area contributed by atoms with Crippen LogP contribution >= 0.6 is 15.9 Å². The Morgan fingerprint density at radius 3 is 2.50 bits per heavy atom. The highest BCUT2D eigenvalue weighted by atomic mass is 79.9. The monoisotopic (exact) mass is 337 g/mol. The highest BCUT2D eigenvalue weighted by molar-refractivity contribution is 9.10. The molecule has 2 rings (SSSR count). The van der Waals surface area contributed by atoms with Gasteiger partial charge in [0.15, 0.2) is 4.67 Å². The van der Waals surface area contributed by atoms with Gasteiger partial charge in [-0.15, -0.1) is 0 Å². The molecule has 3 nitrogen and oxygen atoms in total. The molecule has 0 saturated carbocycles. The van der Waals surface area contributed by atoms with E-state index in [0.29, 0.717) is 0 Å². The van der Waals surface area contributed by atoms with Gasteiger partial charge in [0.05, 0.1) is 13.2 Å². The van der Waals surface area contributed by atoms with Crippen molar-refractivity contribution in [3.63, 3.8) is 0 Å². The fourth-order valence-corrected chi connectivity index (χ4v) is 2.42. The van der Waals surface area contributed by atoms with E-state index in [9.17, 15) is 0 Å². The molecule has 4 heteroatoms. The molecule has 0 amide bonds. The molecule has 1 aromatic carbocycles. The summed E-state index contributed by atoms with van der Waals surface area (Å²) in [5.74, 6) is 1.84. The zero-order chi connectivity index (χ0) is 14.4. The van der Waals surface area contributed by atoms with Crippen LogP contribution in [0.4, 0.5) is 0 Å². The lowest BCUT2D eigenvalue weighted by Crippen LogP contribution is -2.23. The van der Waals surface area contributed by atoms with Crippen LogP contribution in [0, 0.1) is 0 Å². The Balaban J connectivity index is 2.10. The largest absolute Gasteiger partial charge is 0.497 e. The molecule has 20 heavy (non-hydrogen) atoms. The van der Waals surface area contributed by atoms with E-state index in [4.69, 9.17) is 9.15 Å². The number of rotatable bonds is 7. The molecule has 0 spiro atoms. The van der Waals surface area contributed by atoms with E-state index in [2.05, 4.69) is 40.3 Å². The Kier molecular flexibility index (Phi) is 5.68. The first-order chi connectivity index (χ1) is 9.72. The third-order valence-corrected chi connectivity index (χ3v) is 3.60. The maximum Gasteiger partial charge on any atom is 0.169 e. The van der Waals surface area contributed by atoms with Crippen LogP contribution in [-0.4, -0.2) is 13.7 Å². The molecule has 1 atom stereocenters. The van der Waals surface area contributed by atoms with Gasteiger partial charge in [-0.25, -0.2) is 0 Å². The highest BCUT2D eigenvalue weighted by Gasteiger charge is 2.15. The van der Waals surface area contributed by atoms with E-state index in [1.54, 1.807) is 7.11 Å². The van der Waals surface area contributed by atoms with Crippen LogP contribution in [0.25, 0.3) is 0 Å². The predicted molar refractivity (Wildman–Crippen MR) is 84.1 cm³/mol. The maximum atomic E-state index is 5.69. The average molecular weight is 338 g/mol. The lowest BCUT2D eigenvalue weighted by atomic mass is 10.0. The first kappa shape index (κ1) is 15.1. The second kappa shape index (κ2) is 7.50. The average Bonchev–Trinajstić information content (AvgIpc) is 2.90. The molecule has 0 aliphatic rings. The van der Waals surface area contributed by atoms with Crippen LogP contribution in [0.3, 0.4) is 0 Å². The molecule has 1 heterocycles. The highest BCUT2D eigenvalue weighted by Crippen LogP contribution is 2.24. The number of benzene rings is 1. The molecule has 108 valence electrons. The Bertz CT molecular complexity index is 522. The van der Waals surface area contributed by atoms with Gasteiger partial charge in [-0.3, -0.25) is 0 Å². The molecule has 1 unspecified atom stereocenters. The zero-order valence-electron chi connectivity index (χ0n) is 11.9. The number of hydrogen-bond donors (Lipinski definition) is 1. The molecule has 0 radical (unpaired) electrons. The second-order valence-electron chi connectivity index (χ2n) is 4.70. The van der Waals surface area contributed by atoms with Crippen molar-refractivity contribution in [2.45, 2.75) is 25.8 Å². The molecule has 0 aliphatic heterocycles. The van der Waals surface area contributed by atoms with Crippen molar-refractivity contribution < 1.29 is 9.15 Å². The Morgan fingerprint density at radius 2 is 1.95 bits per heavy atom. The van der Waals surface area contributed by atoms with Gasteiger partial charge >= 0.3 is 0 Å². The van der Waals surface area contributed by atoms with Crippen molar-refractivity contribution in [2.75, 3.05) is 13.7 Å². The molecule has 2 aromatic rings. The summed E-state index contributed by atoms with van der Waals surface area (Å²) in [5.41, 5.74) is 1.26. The summed E-state index contributed by atoms with van der Waals surface area (Å²) in [6, 6.07) is 12.3. The van der Waals surface area contributed by atoms with Crippen LogP contribution in [0.5, 0.6) is 5.75 Å². The van der Waals surface area contributed by atoms with Crippen LogP contribution in [0.2, 0.25) is 0 Å². The lowest BCUT2D eigenvalue weighted by molar-refractivity contribution is 0.399. The SMILES string of the molecule is CCCNC(Cc1ccc(OC)cc1)c1ccc(Br)o1. The quantitative estimate of drug-likeness (QED) is 0.816. The van der Waals surface area contributed by atoms with Gasteiger partial charge in [-0.2, -0.15) is 0 Å². The van der Waals surface area contributed by atoms with Crippen LogP contribution < -0.4 is 10.1 Å². The fourth-order valence-electron chi connectivity index (χ4n) is 2.10. The van der Waals surface area contributed by atoms with Gasteiger partial charge < -0.3 is 14.5 Å². The van der Waals surface area contributed by atoms with Crippen molar-refractivity contribution in [1.82, 2.24) is 5.32 Å². The number of hydrogen-bond acceptors (Lipinski definition) is 3. The summed E-state index contributed by atoms with van der Waals surface area (Å²) in [5, 5.41) is 3.53. The van der Waals surface area contributed by atoms with E-state index in [0.717, 1.165) is 35.6 Å². The van der Waals surface area contributed by atoms with E-state index in [1.807, 2.05) is 24.3 Å². The minimum Gasteiger partial charge on any atom is -0.497 e. The first-order valence-corrected chi connectivity index (χ1v) is 7.63. The summed E-state index contributed by atoms with van der Waals surface area (Å²) >= 11 is 3.36. The molecule has 1 N–H and O–H groups in total. The molecule has 0 fully saturated rings. The maximum absolute atomic E-state index is 5.69. The van der Waals surface area contributed by atoms with Gasteiger partial charge in [0.2, 0.25) is 0 Å². The lowest BCUT2D eigenvalue weighted by Gasteiger charge is -2.16. The first-order valence-electron chi connectivity index (χ1n) is 6.84. The van der Waals surface area contributed by atoms with Gasteiger partial charge in [0.1, 0.15) is 11.5 Å². The molecule has 0 bridgehead atoms. The standard InChI is InChI=1S/C16H20BrNO2/c1-3-10-18-14(15-8-9-16(17)20-15)11-12-4-6-13(19-2)7-5-12/h4-9,14,18H,3,10-11H2,1-2H3. The van der Waals surface area contributed by atoms with E-state index < -0.39 is 0 Å². The number of ether oxygens (including phenoxy) is 1. The molecular weight excluding hydrogens is 318 g/mol. The molecule has 1 aromatic heterocycles. The van der Waals surface area contributed by atoms with Crippen LogP contribution in [0.15, 0.2) is 45.5 Å². The number of nitrogens with one attached hydrogen (secondary N) is 1. The third kappa shape index (κ3) is 4.12. The van der Waals surface area contributed by atoms with Gasteiger partial charge in [-0.1, -0.05) is 19.1 Å². The number of methoxy groups -OCH3 is 1. The van der Waals surface area contributed by atoms with Crippen molar-refractivity contribution in [3.05, 3.63) is 52.4 Å². The van der Waals surface area contributed by atoms with Crippen LogP contribution in [-0.2, 0) is 6.42 Å². The Morgan fingerprint density at radius 1 is 1.20 bits per heavy atom. The van der Waals surface area contributed by atoms with Crippen LogP contribution in [0.1, 0.15) is 30.7 Å². The fraction of sp³-hybridized carbons (Fsp3) is 0.375. The third-order valence-electron chi connectivity index (χ3n) is 3.18. The number of halogens is 1. The van der Waals surface area contributed by atoms with Gasteiger partial charge in [0.25, 0.3) is 0 Å². The second-order valence-corrected chi connectivity index (χ2v) is 5.48. The van der Waals surface area contributed by atoms with Crippen molar-refractivity contribution >= 4 is 15.9 Å². The molecule has 0 saturated heterocycles. The van der Waals surface area contributed by atoms with Gasteiger partial charge in [0, 0.05) is 0 Å². The minimum atomic E-state index is 0.189. The van der Waals surface area contributed by atoms with Crippen molar-refractivity contribution in [1.29, 1.82) is 0 Å². The van der Waals surface area contributed by atoms with Crippen molar-refractivity contribution in [3.8, 4) is 5.75 Å². The molecular formula is C16H20BrNO2. The predicted octanol–water partition coefficient (Wildman–Crippen LogP) is 4.33. The summed E-state index contributed by atoms with van der Waals surface area (Å²) in [4.78, 5) is 0. The normalized spacial score (nSPS) is 12.3. The summed E-state index contributed by atoms with van der Waals surface area (Å²) in [7, 11) is 1.68. The zero-order valence-corrected chi connectivity index (χ0v) is 13.4. The minimum absolute atomic E-state index is 0.189. The Hall–Kier alpha value is -1.26. The Labute approximate surface area is 128 Å². The van der Waals surface area contributed by atoms with E-state index in [1.165, 1.54) is 5.56 Å². The van der Waals surface area contributed by atoms with E-state index >= 15 is 0 Å². The van der Waals surface area contributed by atoms with Crippen molar-refractivity contribution in [2.24, 2.45) is 0 Å². The molecule has 0 aliphatic carbocycles. The van der Waals surface area contributed by atoms with E-state index in [-0.39, 0.29) is 6.04 Å². The smallest absolute Gasteiger partial charge is 0.169 e. The van der Waals surface area contributed by atoms with Gasteiger partial charge in [-0.05, 0) is 65.1 Å². The number of furan rings is 1. The topological polar surface area (TPSA) is 34.4 Å². The summed E-state index contributed by atoms with van der Waals surface area (Å²) in [6.07, 6.45) is 1.99.